The molecule has 1 unspecified atom stereocenters. The zero-order valence-corrected chi connectivity index (χ0v) is 11.8. The lowest BCUT2D eigenvalue weighted by Gasteiger charge is -2.38. The summed E-state index contributed by atoms with van der Waals surface area (Å²) in [7, 11) is 0. The van der Waals surface area contributed by atoms with Gasteiger partial charge in [-0.2, -0.15) is 0 Å². The second-order valence-electron chi connectivity index (χ2n) is 6.26. The summed E-state index contributed by atoms with van der Waals surface area (Å²) >= 11 is 0. The van der Waals surface area contributed by atoms with Gasteiger partial charge in [-0.05, 0) is 30.4 Å². The highest BCUT2D eigenvalue weighted by Crippen LogP contribution is 2.44. The number of nitrogens with zero attached hydrogens (tertiary/aromatic N) is 3. The first-order valence-electron chi connectivity index (χ1n) is 7.08. The number of aromatic nitrogens is 3. The van der Waals surface area contributed by atoms with Crippen molar-refractivity contribution in [1.29, 1.82) is 0 Å². The molecule has 0 amide bonds. The van der Waals surface area contributed by atoms with Gasteiger partial charge >= 0.3 is 5.97 Å². The van der Waals surface area contributed by atoms with Crippen LogP contribution >= 0.6 is 0 Å². The Morgan fingerprint density at radius 2 is 2.20 bits per heavy atom. The predicted octanol–water partition coefficient (Wildman–Crippen LogP) is 3.27. The number of carboxylic acid groups (broad SMARTS) is 1. The van der Waals surface area contributed by atoms with Crippen molar-refractivity contribution < 1.29 is 9.90 Å². The normalized spacial score (nSPS) is 22.0. The first-order valence-corrected chi connectivity index (χ1v) is 7.08. The van der Waals surface area contributed by atoms with Crippen molar-refractivity contribution in [3.8, 4) is 0 Å². The largest absolute Gasteiger partial charge is 0.478 e. The highest BCUT2D eigenvalue weighted by atomic mass is 16.4. The molecular formula is C15H19N3O2. The average molecular weight is 273 g/mol. The van der Waals surface area contributed by atoms with E-state index in [1.807, 2.05) is 10.7 Å². The molecule has 20 heavy (non-hydrogen) atoms. The molecule has 1 atom stereocenters. The van der Waals surface area contributed by atoms with E-state index >= 15 is 0 Å². The molecule has 1 fully saturated rings. The lowest BCUT2D eigenvalue weighted by atomic mass is 9.73. The van der Waals surface area contributed by atoms with E-state index in [2.05, 4.69) is 24.2 Å². The van der Waals surface area contributed by atoms with Gasteiger partial charge in [0.15, 0.2) is 0 Å². The number of aromatic carboxylic acids is 1. The van der Waals surface area contributed by atoms with Crippen LogP contribution in [-0.2, 0) is 0 Å². The summed E-state index contributed by atoms with van der Waals surface area (Å²) in [5.74, 6) is -0.953. The quantitative estimate of drug-likeness (QED) is 0.911. The lowest BCUT2D eigenvalue weighted by Crippen LogP contribution is -2.31. The second kappa shape index (κ2) is 4.58. The minimum Gasteiger partial charge on any atom is -0.478 e. The monoisotopic (exact) mass is 273 g/mol. The fourth-order valence-electron chi connectivity index (χ4n) is 3.29. The molecular weight excluding hydrogens is 254 g/mol. The third kappa shape index (κ3) is 1.97. The molecule has 0 bridgehead atoms. The Bertz CT molecular complexity index is 660. The van der Waals surface area contributed by atoms with Gasteiger partial charge in [0.25, 0.3) is 0 Å². The molecule has 1 aromatic heterocycles. The van der Waals surface area contributed by atoms with Crippen LogP contribution in [0.2, 0.25) is 0 Å². The number of benzene rings is 1. The molecule has 106 valence electrons. The maximum atomic E-state index is 11.3. The number of carboxylic acids is 1. The van der Waals surface area contributed by atoms with E-state index in [9.17, 15) is 9.90 Å². The van der Waals surface area contributed by atoms with Crippen LogP contribution in [-0.4, -0.2) is 26.1 Å². The Morgan fingerprint density at radius 3 is 2.90 bits per heavy atom. The number of rotatable bonds is 2. The summed E-state index contributed by atoms with van der Waals surface area (Å²) < 4.78 is 1.93. The highest BCUT2D eigenvalue weighted by Gasteiger charge is 2.35. The van der Waals surface area contributed by atoms with Gasteiger partial charge in [-0.25, -0.2) is 9.48 Å². The molecule has 2 aromatic rings. The van der Waals surface area contributed by atoms with Crippen LogP contribution in [0.1, 0.15) is 55.9 Å². The summed E-state index contributed by atoms with van der Waals surface area (Å²) in [6, 6.07) is 5.54. The molecule has 5 heteroatoms. The molecule has 0 spiro atoms. The van der Waals surface area contributed by atoms with Crippen LogP contribution < -0.4 is 0 Å². The number of fused-ring (bicyclic) bond motifs is 1. The van der Waals surface area contributed by atoms with Crippen LogP contribution in [0.15, 0.2) is 18.2 Å². The summed E-state index contributed by atoms with van der Waals surface area (Å²) in [4.78, 5) is 11.3. The minimum absolute atomic E-state index is 0.165. The maximum absolute atomic E-state index is 11.3. The summed E-state index contributed by atoms with van der Waals surface area (Å²) in [5, 5.41) is 17.6. The van der Waals surface area contributed by atoms with Gasteiger partial charge in [0, 0.05) is 0 Å². The van der Waals surface area contributed by atoms with E-state index in [-0.39, 0.29) is 17.0 Å². The van der Waals surface area contributed by atoms with Crippen molar-refractivity contribution in [2.45, 2.75) is 45.6 Å². The van der Waals surface area contributed by atoms with Gasteiger partial charge in [0.2, 0.25) is 0 Å². The first kappa shape index (κ1) is 13.1. The minimum atomic E-state index is -0.953. The Balaban J connectivity index is 2.13. The fraction of sp³-hybridized carbons (Fsp3) is 0.533. The van der Waals surface area contributed by atoms with E-state index in [1.165, 1.54) is 12.8 Å². The Kier molecular flexibility index (Phi) is 3.00. The van der Waals surface area contributed by atoms with Crippen molar-refractivity contribution in [3.05, 3.63) is 23.8 Å². The molecule has 1 heterocycles. The molecule has 0 aliphatic heterocycles. The van der Waals surface area contributed by atoms with Gasteiger partial charge in [-0.3, -0.25) is 0 Å². The van der Waals surface area contributed by atoms with Crippen molar-refractivity contribution in [2.24, 2.45) is 5.41 Å². The van der Waals surface area contributed by atoms with Crippen LogP contribution in [0.5, 0.6) is 0 Å². The summed E-state index contributed by atoms with van der Waals surface area (Å²) in [6.07, 6.45) is 4.67. The molecule has 1 saturated carbocycles. The number of hydrogen-bond acceptors (Lipinski definition) is 3. The van der Waals surface area contributed by atoms with Crippen LogP contribution in [0.3, 0.4) is 0 Å². The molecule has 0 saturated heterocycles. The second-order valence-corrected chi connectivity index (χ2v) is 6.26. The predicted molar refractivity (Wildman–Crippen MR) is 75.8 cm³/mol. The fourth-order valence-corrected chi connectivity index (χ4v) is 3.29. The zero-order chi connectivity index (χ0) is 14.3. The van der Waals surface area contributed by atoms with E-state index in [1.54, 1.807) is 12.1 Å². The van der Waals surface area contributed by atoms with E-state index in [0.717, 1.165) is 18.4 Å². The standard InChI is InChI=1S/C15H19N3O2/c1-15(2)9-4-3-8-12(15)18-11-7-5-6-10(14(19)20)13(11)16-17-18/h5-7,12H,3-4,8-9H2,1-2H3,(H,19,20). The third-order valence-electron chi connectivity index (χ3n) is 4.48. The molecule has 1 N–H and O–H groups in total. The van der Waals surface area contributed by atoms with Crippen molar-refractivity contribution in [3.63, 3.8) is 0 Å². The molecule has 0 radical (unpaired) electrons. The summed E-state index contributed by atoms with van der Waals surface area (Å²) in [6.45, 7) is 4.51. The third-order valence-corrected chi connectivity index (χ3v) is 4.48. The molecule has 5 nitrogen and oxygen atoms in total. The van der Waals surface area contributed by atoms with Gasteiger partial charge in [-0.1, -0.05) is 38.0 Å². The van der Waals surface area contributed by atoms with Gasteiger partial charge in [0.1, 0.15) is 5.52 Å². The lowest BCUT2D eigenvalue weighted by molar-refractivity contribution is 0.0699. The van der Waals surface area contributed by atoms with Crippen molar-refractivity contribution in [1.82, 2.24) is 15.0 Å². The van der Waals surface area contributed by atoms with Crippen LogP contribution in [0, 0.1) is 5.41 Å². The smallest absolute Gasteiger partial charge is 0.338 e. The first-order chi connectivity index (χ1) is 9.50. The highest BCUT2D eigenvalue weighted by molar-refractivity contribution is 6.00. The average Bonchev–Trinajstić information content (AvgIpc) is 2.81. The summed E-state index contributed by atoms with van der Waals surface area (Å²) in [5.41, 5.74) is 1.70. The zero-order valence-electron chi connectivity index (χ0n) is 11.8. The number of carbonyl (C=O) groups is 1. The van der Waals surface area contributed by atoms with Gasteiger partial charge in [0.05, 0.1) is 17.1 Å². The Labute approximate surface area is 117 Å². The molecule has 1 aliphatic rings. The Morgan fingerprint density at radius 1 is 1.40 bits per heavy atom. The van der Waals surface area contributed by atoms with E-state index < -0.39 is 5.97 Å². The molecule has 1 aliphatic carbocycles. The van der Waals surface area contributed by atoms with Crippen LogP contribution in [0.25, 0.3) is 11.0 Å². The van der Waals surface area contributed by atoms with E-state index in [4.69, 9.17) is 0 Å². The molecule has 1 aromatic carbocycles. The Hall–Kier alpha value is -1.91. The van der Waals surface area contributed by atoms with Gasteiger partial charge in [-0.15, -0.1) is 5.10 Å². The van der Waals surface area contributed by atoms with Crippen molar-refractivity contribution >= 4 is 17.0 Å². The topological polar surface area (TPSA) is 68.0 Å². The van der Waals surface area contributed by atoms with Crippen LogP contribution in [0.4, 0.5) is 0 Å². The number of hydrogen-bond donors (Lipinski definition) is 1. The van der Waals surface area contributed by atoms with Crippen molar-refractivity contribution in [2.75, 3.05) is 0 Å². The molecule has 3 rings (SSSR count). The van der Waals surface area contributed by atoms with E-state index in [0.29, 0.717) is 5.52 Å². The maximum Gasteiger partial charge on any atom is 0.338 e. The van der Waals surface area contributed by atoms with Gasteiger partial charge < -0.3 is 5.11 Å². The SMILES string of the molecule is CC1(C)CCCCC1n1nnc2c(C(=O)O)cccc21.